The SMILES string of the molecule is COc1ccc(C(=O)Nc2cccc3c(OCC(O)CNC(C)(C)C)cccc23)cc1OC. The number of methoxy groups -OCH3 is 2. The number of nitrogens with one attached hydrogen (secondary N) is 2. The van der Waals surface area contributed by atoms with Crippen molar-refractivity contribution < 1.29 is 24.1 Å². The smallest absolute Gasteiger partial charge is 0.255 e. The van der Waals surface area contributed by atoms with E-state index in [1.165, 1.54) is 7.11 Å². The van der Waals surface area contributed by atoms with Crippen molar-refractivity contribution in [1.29, 1.82) is 0 Å². The van der Waals surface area contributed by atoms with Gasteiger partial charge in [-0.1, -0.05) is 24.3 Å². The Kier molecular flexibility index (Phi) is 7.79. The molecule has 0 aromatic heterocycles. The summed E-state index contributed by atoms with van der Waals surface area (Å²) in [6.07, 6.45) is -0.646. The summed E-state index contributed by atoms with van der Waals surface area (Å²) in [6.45, 7) is 6.72. The van der Waals surface area contributed by atoms with Gasteiger partial charge < -0.3 is 30.0 Å². The Hall–Kier alpha value is -3.29. The minimum Gasteiger partial charge on any atom is -0.493 e. The van der Waals surface area contributed by atoms with E-state index in [4.69, 9.17) is 14.2 Å². The maximum absolute atomic E-state index is 12.9. The molecule has 7 nitrogen and oxygen atoms in total. The average Bonchev–Trinajstić information content (AvgIpc) is 2.80. The minimum absolute atomic E-state index is 0.0819. The molecule has 3 rings (SSSR count). The van der Waals surface area contributed by atoms with Gasteiger partial charge in [-0.25, -0.2) is 0 Å². The number of carbonyl (C=O) groups is 1. The first kappa shape index (κ1) is 24.4. The molecule has 0 radical (unpaired) electrons. The largest absolute Gasteiger partial charge is 0.493 e. The molecule has 3 N–H and O–H groups in total. The molecule has 0 fully saturated rings. The molecule has 0 saturated carbocycles. The molecule has 0 aliphatic rings. The van der Waals surface area contributed by atoms with Crippen LogP contribution in [0.5, 0.6) is 17.2 Å². The normalized spacial score (nSPS) is 12.3. The molecular formula is C26H32N2O5. The number of ether oxygens (including phenoxy) is 3. The van der Waals surface area contributed by atoms with Crippen molar-refractivity contribution in [2.24, 2.45) is 0 Å². The van der Waals surface area contributed by atoms with E-state index in [9.17, 15) is 9.90 Å². The molecule has 3 aromatic rings. The molecule has 0 aliphatic heterocycles. The van der Waals surface area contributed by atoms with Gasteiger partial charge in [0.1, 0.15) is 18.5 Å². The second-order valence-electron chi connectivity index (χ2n) is 8.78. The Morgan fingerprint density at radius 2 is 1.64 bits per heavy atom. The van der Waals surface area contributed by atoms with Gasteiger partial charge in [0.05, 0.1) is 14.2 Å². The fraction of sp³-hybridized carbons (Fsp3) is 0.346. The molecule has 0 aliphatic carbocycles. The van der Waals surface area contributed by atoms with Gasteiger partial charge in [-0.15, -0.1) is 0 Å². The van der Waals surface area contributed by atoms with Crippen molar-refractivity contribution >= 4 is 22.4 Å². The Morgan fingerprint density at radius 1 is 0.939 bits per heavy atom. The van der Waals surface area contributed by atoms with E-state index >= 15 is 0 Å². The average molecular weight is 453 g/mol. The van der Waals surface area contributed by atoms with E-state index in [0.717, 1.165) is 10.8 Å². The Morgan fingerprint density at radius 3 is 2.33 bits per heavy atom. The molecule has 0 bridgehead atoms. The number of benzene rings is 3. The van der Waals surface area contributed by atoms with Crippen LogP contribution in [0.25, 0.3) is 10.8 Å². The molecule has 1 unspecified atom stereocenters. The van der Waals surface area contributed by atoms with Crippen LogP contribution in [0, 0.1) is 0 Å². The lowest BCUT2D eigenvalue weighted by atomic mass is 10.1. The summed E-state index contributed by atoms with van der Waals surface area (Å²) in [5.41, 5.74) is 1.03. The third-order valence-electron chi connectivity index (χ3n) is 5.08. The fourth-order valence-electron chi connectivity index (χ4n) is 3.36. The molecule has 3 aromatic carbocycles. The maximum atomic E-state index is 12.9. The number of hydrogen-bond donors (Lipinski definition) is 3. The number of rotatable bonds is 9. The van der Waals surface area contributed by atoms with Gasteiger partial charge >= 0.3 is 0 Å². The molecule has 176 valence electrons. The van der Waals surface area contributed by atoms with Crippen LogP contribution < -0.4 is 24.8 Å². The number of carbonyl (C=O) groups excluding carboxylic acids is 1. The molecule has 7 heteroatoms. The molecule has 1 amide bonds. The summed E-state index contributed by atoms with van der Waals surface area (Å²) >= 11 is 0. The maximum Gasteiger partial charge on any atom is 0.255 e. The van der Waals surface area contributed by atoms with Gasteiger partial charge in [-0.3, -0.25) is 4.79 Å². The van der Waals surface area contributed by atoms with Gasteiger partial charge in [0.15, 0.2) is 11.5 Å². The summed E-state index contributed by atoms with van der Waals surface area (Å²) in [5.74, 6) is 1.42. The van der Waals surface area contributed by atoms with Crippen LogP contribution in [-0.4, -0.2) is 50.0 Å². The van der Waals surface area contributed by atoms with Crippen LogP contribution in [0.2, 0.25) is 0 Å². The number of fused-ring (bicyclic) bond motifs is 1. The van der Waals surface area contributed by atoms with Crippen molar-refractivity contribution in [3.05, 3.63) is 60.2 Å². The number of anilines is 1. The highest BCUT2D eigenvalue weighted by molar-refractivity contribution is 6.10. The second kappa shape index (κ2) is 10.6. The van der Waals surface area contributed by atoms with Crippen LogP contribution in [0.15, 0.2) is 54.6 Å². The lowest BCUT2D eigenvalue weighted by Gasteiger charge is -2.23. The van der Waals surface area contributed by atoms with Crippen molar-refractivity contribution in [3.8, 4) is 17.2 Å². The molecule has 0 spiro atoms. The number of aliphatic hydroxyl groups excluding tert-OH is 1. The summed E-state index contributed by atoms with van der Waals surface area (Å²) in [5, 5.41) is 18.2. The lowest BCUT2D eigenvalue weighted by molar-refractivity contribution is 0.101. The van der Waals surface area contributed by atoms with Crippen LogP contribution >= 0.6 is 0 Å². The highest BCUT2D eigenvalue weighted by Gasteiger charge is 2.15. The lowest BCUT2D eigenvalue weighted by Crippen LogP contribution is -2.42. The van der Waals surface area contributed by atoms with E-state index in [-0.39, 0.29) is 18.1 Å². The molecule has 33 heavy (non-hydrogen) atoms. The predicted octanol–water partition coefficient (Wildman–Crippen LogP) is 4.24. The van der Waals surface area contributed by atoms with Crippen molar-refractivity contribution in [1.82, 2.24) is 5.32 Å². The van der Waals surface area contributed by atoms with E-state index in [2.05, 4.69) is 10.6 Å². The van der Waals surface area contributed by atoms with E-state index in [1.54, 1.807) is 25.3 Å². The van der Waals surface area contributed by atoms with Crippen molar-refractivity contribution in [2.75, 3.05) is 32.7 Å². The first-order chi connectivity index (χ1) is 15.7. The quantitative estimate of drug-likeness (QED) is 0.450. The zero-order chi connectivity index (χ0) is 24.0. The summed E-state index contributed by atoms with van der Waals surface area (Å²) in [4.78, 5) is 12.9. The zero-order valence-corrected chi connectivity index (χ0v) is 19.8. The number of hydrogen-bond acceptors (Lipinski definition) is 6. The summed E-state index contributed by atoms with van der Waals surface area (Å²) in [7, 11) is 3.08. The van der Waals surface area contributed by atoms with Gasteiger partial charge in [0.25, 0.3) is 5.91 Å². The highest BCUT2D eigenvalue weighted by atomic mass is 16.5. The van der Waals surface area contributed by atoms with Crippen LogP contribution in [0.3, 0.4) is 0 Å². The number of β-amino-alcohol motifs (C(OH)–C–C–N with tert-alkyl or cyclic N) is 1. The van der Waals surface area contributed by atoms with E-state index in [0.29, 0.717) is 35.0 Å². The first-order valence-electron chi connectivity index (χ1n) is 10.8. The van der Waals surface area contributed by atoms with E-state index < -0.39 is 6.10 Å². The van der Waals surface area contributed by atoms with Gasteiger partial charge in [-0.05, 0) is 51.1 Å². The van der Waals surface area contributed by atoms with Crippen LogP contribution in [0.4, 0.5) is 5.69 Å². The van der Waals surface area contributed by atoms with Gasteiger partial charge in [0.2, 0.25) is 0 Å². The predicted molar refractivity (Wildman–Crippen MR) is 131 cm³/mol. The molecule has 0 saturated heterocycles. The monoisotopic (exact) mass is 452 g/mol. The fourth-order valence-corrected chi connectivity index (χ4v) is 3.36. The Bertz CT molecular complexity index is 1110. The van der Waals surface area contributed by atoms with Crippen molar-refractivity contribution in [3.63, 3.8) is 0 Å². The van der Waals surface area contributed by atoms with Crippen LogP contribution in [0.1, 0.15) is 31.1 Å². The van der Waals surface area contributed by atoms with Crippen LogP contribution in [-0.2, 0) is 0 Å². The minimum atomic E-state index is -0.646. The van der Waals surface area contributed by atoms with Gasteiger partial charge in [-0.2, -0.15) is 0 Å². The third-order valence-corrected chi connectivity index (χ3v) is 5.08. The highest BCUT2D eigenvalue weighted by Crippen LogP contribution is 2.32. The Balaban J connectivity index is 1.77. The standard InChI is InChI=1S/C26H32N2O5/c1-26(2,3)27-15-18(29)16-33-22-11-7-8-19-20(22)9-6-10-21(19)28-25(30)17-12-13-23(31-4)24(14-17)32-5/h6-14,18,27,29H,15-16H2,1-5H3,(H,28,30). The molecule has 1 atom stereocenters. The third kappa shape index (κ3) is 6.37. The molecular weight excluding hydrogens is 420 g/mol. The zero-order valence-electron chi connectivity index (χ0n) is 19.8. The Labute approximate surface area is 194 Å². The number of amides is 1. The van der Waals surface area contributed by atoms with E-state index in [1.807, 2.05) is 57.2 Å². The second-order valence-corrected chi connectivity index (χ2v) is 8.78. The number of aliphatic hydroxyl groups is 1. The topological polar surface area (TPSA) is 89.1 Å². The summed E-state index contributed by atoms with van der Waals surface area (Å²) < 4.78 is 16.5. The van der Waals surface area contributed by atoms with Crippen molar-refractivity contribution in [2.45, 2.75) is 32.4 Å². The first-order valence-corrected chi connectivity index (χ1v) is 10.8. The van der Waals surface area contributed by atoms with Gasteiger partial charge in [0, 0.05) is 34.1 Å². The molecule has 0 heterocycles. The summed E-state index contributed by atoms with van der Waals surface area (Å²) in [6, 6.07) is 16.3.